The van der Waals surface area contributed by atoms with Crippen molar-refractivity contribution < 1.29 is 4.52 Å². The average Bonchev–Trinajstić information content (AvgIpc) is 2.88. The summed E-state index contributed by atoms with van der Waals surface area (Å²) in [5.41, 5.74) is 1.14. The van der Waals surface area contributed by atoms with Crippen molar-refractivity contribution in [1.82, 2.24) is 15.5 Å². The van der Waals surface area contributed by atoms with E-state index in [1.54, 1.807) is 0 Å². The number of nitrogens with zero attached hydrogens (tertiary/aromatic N) is 2. The largest absolute Gasteiger partial charge is 0.337 e. The average molecular weight is 257 g/mol. The first-order valence-corrected chi connectivity index (χ1v) is 6.79. The molecule has 4 heteroatoms. The first-order chi connectivity index (χ1) is 9.17. The zero-order valence-corrected chi connectivity index (χ0v) is 11.4. The molecule has 0 saturated carbocycles. The monoisotopic (exact) mass is 257 g/mol. The summed E-state index contributed by atoms with van der Waals surface area (Å²) in [4.78, 5) is 4.56. The Labute approximate surface area is 113 Å². The quantitative estimate of drug-likeness (QED) is 0.897. The molecule has 0 amide bonds. The second-order valence-corrected chi connectivity index (χ2v) is 5.80. The summed E-state index contributed by atoms with van der Waals surface area (Å²) in [7, 11) is 0. The van der Waals surface area contributed by atoms with Gasteiger partial charge in [0.15, 0.2) is 0 Å². The van der Waals surface area contributed by atoms with E-state index in [1.807, 2.05) is 30.3 Å². The van der Waals surface area contributed by atoms with Crippen LogP contribution in [0.15, 0.2) is 34.9 Å². The van der Waals surface area contributed by atoms with Gasteiger partial charge in [0.25, 0.3) is 0 Å². The third-order valence-electron chi connectivity index (χ3n) is 3.85. The van der Waals surface area contributed by atoms with Gasteiger partial charge in [-0.3, -0.25) is 0 Å². The van der Waals surface area contributed by atoms with Crippen LogP contribution in [0.2, 0.25) is 0 Å². The molecule has 1 fully saturated rings. The van der Waals surface area contributed by atoms with Crippen molar-refractivity contribution in [2.24, 2.45) is 5.41 Å². The van der Waals surface area contributed by atoms with Gasteiger partial charge in [0, 0.05) is 5.56 Å². The van der Waals surface area contributed by atoms with Crippen molar-refractivity contribution in [2.45, 2.75) is 32.7 Å². The minimum atomic E-state index is 0.145. The fourth-order valence-corrected chi connectivity index (χ4v) is 2.69. The lowest BCUT2D eigenvalue weighted by atomic mass is 9.77. The van der Waals surface area contributed by atoms with E-state index in [0.717, 1.165) is 12.1 Å². The zero-order valence-electron chi connectivity index (χ0n) is 11.4. The van der Waals surface area contributed by atoms with Crippen LogP contribution >= 0.6 is 0 Å². The fraction of sp³-hybridized carbons (Fsp3) is 0.467. The van der Waals surface area contributed by atoms with Gasteiger partial charge in [-0.1, -0.05) is 49.3 Å². The molecule has 1 aromatic heterocycles. The third-order valence-corrected chi connectivity index (χ3v) is 3.85. The van der Waals surface area contributed by atoms with Crippen molar-refractivity contribution in [3.63, 3.8) is 0 Å². The third kappa shape index (κ3) is 2.40. The first-order valence-electron chi connectivity index (χ1n) is 6.79. The first kappa shape index (κ1) is 12.4. The molecule has 1 atom stereocenters. The Morgan fingerprint density at radius 1 is 1.26 bits per heavy atom. The highest BCUT2D eigenvalue weighted by molar-refractivity contribution is 5.53. The molecular weight excluding hydrogens is 238 g/mol. The molecule has 0 bridgehead atoms. The second kappa shape index (κ2) is 4.78. The molecule has 1 N–H and O–H groups in total. The van der Waals surface area contributed by atoms with Crippen LogP contribution in [0, 0.1) is 5.41 Å². The summed E-state index contributed by atoms with van der Waals surface area (Å²) in [6.07, 6.45) is 2.37. The van der Waals surface area contributed by atoms with E-state index in [1.165, 1.54) is 12.8 Å². The van der Waals surface area contributed by atoms with Crippen LogP contribution in [0.4, 0.5) is 0 Å². The van der Waals surface area contributed by atoms with Crippen molar-refractivity contribution in [3.05, 3.63) is 36.2 Å². The summed E-state index contributed by atoms with van der Waals surface area (Å²) in [5.74, 6) is 1.36. The minimum absolute atomic E-state index is 0.145. The van der Waals surface area contributed by atoms with Crippen LogP contribution in [0.25, 0.3) is 11.4 Å². The molecule has 1 aliphatic rings. The smallest absolute Gasteiger partial charge is 0.244 e. The molecule has 1 saturated heterocycles. The summed E-state index contributed by atoms with van der Waals surface area (Å²) in [6.45, 7) is 5.50. The number of benzene rings is 1. The zero-order chi connectivity index (χ0) is 13.3. The van der Waals surface area contributed by atoms with Gasteiger partial charge in [-0.25, -0.2) is 0 Å². The predicted octanol–water partition coefficient (Wildman–Crippen LogP) is 3.19. The van der Waals surface area contributed by atoms with Crippen molar-refractivity contribution in [1.29, 1.82) is 0 Å². The number of rotatable bonds is 2. The number of nitrogens with one attached hydrogen (secondary N) is 1. The van der Waals surface area contributed by atoms with Gasteiger partial charge in [0.1, 0.15) is 0 Å². The lowest BCUT2D eigenvalue weighted by Gasteiger charge is -2.36. The van der Waals surface area contributed by atoms with Crippen molar-refractivity contribution in [3.8, 4) is 11.4 Å². The Morgan fingerprint density at radius 2 is 2.05 bits per heavy atom. The molecule has 3 rings (SSSR count). The lowest BCUT2D eigenvalue weighted by molar-refractivity contribution is 0.146. The van der Waals surface area contributed by atoms with Crippen LogP contribution in [0.3, 0.4) is 0 Å². The predicted molar refractivity (Wildman–Crippen MR) is 73.5 cm³/mol. The van der Waals surface area contributed by atoms with Gasteiger partial charge in [-0.2, -0.15) is 4.98 Å². The van der Waals surface area contributed by atoms with Crippen molar-refractivity contribution in [2.75, 3.05) is 6.54 Å². The van der Waals surface area contributed by atoms with Crippen LogP contribution in [0.1, 0.15) is 38.6 Å². The maximum absolute atomic E-state index is 5.47. The van der Waals surface area contributed by atoms with E-state index in [0.29, 0.717) is 11.7 Å². The van der Waals surface area contributed by atoms with E-state index in [9.17, 15) is 0 Å². The fourth-order valence-electron chi connectivity index (χ4n) is 2.69. The molecule has 4 nitrogen and oxygen atoms in total. The Hall–Kier alpha value is -1.68. The molecular formula is C15H19N3O. The van der Waals surface area contributed by atoms with Crippen LogP contribution in [-0.2, 0) is 0 Å². The van der Waals surface area contributed by atoms with Gasteiger partial charge in [-0.15, -0.1) is 0 Å². The molecule has 0 radical (unpaired) electrons. The van der Waals surface area contributed by atoms with Crippen LogP contribution in [0.5, 0.6) is 0 Å². The molecule has 1 unspecified atom stereocenters. The molecule has 19 heavy (non-hydrogen) atoms. The summed E-state index contributed by atoms with van der Waals surface area (Å²) < 4.78 is 5.47. The standard InChI is InChI=1S/C15H19N3O/c1-15(2)9-6-10-16-12(15)14-17-13(18-19-14)11-7-4-3-5-8-11/h3-5,7-8,12,16H,6,9-10H2,1-2H3. The van der Waals surface area contributed by atoms with Crippen LogP contribution in [-0.4, -0.2) is 16.7 Å². The van der Waals surface area contributed by atoms with Gasteiger partial charge in [0.2, 0.25) is 11.7 Å². The normalized spacial score (nSPS) is 22.3. The number of aromatic nitrogens is 2. The van der Waals surface area contributed by atoms with Gasteiger partial charge < -0.3 is 9.84 Å². The van der Waals surface area contributed by atoms with E-state index < -0.39 is 0 Å². The minimum Gasteiger partial charge on any atom is -0.337 e. The molecule has 1 aliphatic heterocycles. The van der Waals surface area contributed by atoms with E-state index in [4.69, 9.17) is 4.52 Å². The SMILES string of the molecule is CC1(C)CCCNC1c1nc(-c2ccccc2)no1. The highest BCUT2D eigenvalue weighted by atomic mass is 16.5. The van der Waals surface area contributed by atoms with E-state index in [2.05, 4.69) is 29.3 Å². The van der Waals surface area contributed by atoms with Gasteiger partial charge in [0.05, 0.1) is 6.04 Å². The molecule has 1 aromatic carbocycles. The Morgan fingerprint density at radius 3 is 2.79 bits per heavy atom. The maximum Gasteiger partial charge on any atom is 0.244 e. The highest BCUT2D eigenvalue weighted by Crippen LogP contribution is 2.39. The molecule has 0 aliphatic carbocycles. The van der Waals surface area contributed by atoms with E-state index >= 15 is 0 Å². The molecule has 2 heterocycles. The lowest BCUT2D eigenvalue weighted by Crippen LogP contribution is -2.39. The molecule has 2 aromatic rings. The highest BCUT2D eigenvalue weighted by Gasteiger charge is 2.36. The van der Waals surface area contributed by atoms with Gasteiger partial charge in [-0.05, 0) is 24.8 Å². The topological polar surface area (TPSA) is 51.0 Å². The van der Waals surface area contributed by atoms with E-state index in [-0.39, 0.29) is 11.5 Å². The van der Waals surface area contributed by atoms with Crippen molar-refractivity contribution >= 4 is 0 Å². The number of piperidine rings is 1. The molecule has 100 valence electrons. The van der Waals surface area contributed by atoms with Crippen LogP contribution < -0.4 is 5.32 Å². The Balaban J connectivity index is 1.89. The van der Waals surface area contributed by atoms with Gasteiger partial charge >= 0.3 is 0 Å². The maximum atomic E-state index is 5.47. The Bertz CT molecular complexity index is 548. The summed E-state index contributed by atoms with van der Waals surface area (Å²) in [5, 5.41) is 7.60. The number of hydrogen-bond donors (Lipinski definition) is 1. The second-order valence-electron chi connectivity index (χ2n) is 5.80. The molecule has 0 spiro atoms. The Kier molecular flexibility index (Phi) is 3.11. The summed E-state index contributed by atoms with van der Waals surface area (Å²) >= 11 is 0. The number of hydrogen-bond acceptors (Lipinski definition) is 4. The summed E-state index contributed by atoms with van der Waals surface area (Å²) in [6, 6.07) is 10.1.